The number of halogens is 1. The SMILES string of the molecule is N#C/C(=C/N1CCN(c2cccc(Cl)c2)CC1)C(=O)N1CCC(C(=O)O)CC1. The second-order valence-electron chi connectivity index (χ2n) is 7.06. The average Bonchev–Trinajstić information content (AvgIpc) is 2.72. The number of carbonyl (C=O) groups excluding carboxylic acids is 1. The molecule has 28 heavy (non-hydrogen) atoms. The van der Waals surface area contributed by atoms with Crippen LogP contribution in [0.25, 0.3) is 0 Å². The Hall–Kier alpha value is -2.72. The van der Waals surface area contributed by atoms with Crippen LogP contribution in [0, 0.1) is 17.2 Å². The van der Waals surface area contributed by atoms with Crippen molar-refractivity contribution in [1.82, 2.24) is 9.80 Å². The van der Waals surface area contributed by atoms with Gasteiger partial charge in [0.05, 0.1) is 5.92 Å². The Morgan fingerprint density at radius 2 is 1.82 bits per heavy atom. The van der Waals surface area contributed by atoms with Gasteiger partial charge in [-0.05, 0) is 31.0 Å². The number of hydrogen-bond donors (Lipinski definition) is 1. The molecule has 1 aromatic rings. The molecule has 148 valence electrons. The summed E-state index contributed by atoms with van der Waals surface area (Å²) in [5.74, 6) is -1.54. The third-order valence-corrected chi connectivity index (χ3v) is 5.52. The van der Waals surface area contributed by atoms with E-state index >= 15 is 0 Å². The van der Waals surface area contributed by atoms with Crippen molar-refractivity contribution in [1.29, 1.82) is 5.26 Å². The van der Waals surface area contributed by atoms with Crippen LogP contribution in [0.3, 0.4) is 0 Å². The molecule has 2 saturated heterocycles. The number of benzene rings is 1. The van der Waals surface area contributed by atoms with Crippen molar-refractivity contribution in [3.05, 3.63) is 41.1 Å². The number of rotatable bonds is 4. The van der Waals surface area contributed by atoms with E-state index in [1.54, 1.807) is 11.1 Å². The predicted octanol–water partition coefficient (Wildman–Crippen LogP) is 2.19. The number of carboxylic acids is 1. The molecule has 8 heteroatoms. The second kappa shape index (κ2) is 8.98. The van der Waals surface area contributed by atoms with E-state index in [0.717, 1.165) is 18.8 Å². The van der Waals surface area contributed by atoms with Crippen molar-refractivity contribution in [2.75, 3.05) is 44.2 Å². The average molecular weight is 403 g/mol. The van der Waals surface area contributed by atoms with E-state index in [2.05, 4.69) is 4.90 Å². The van der Waals surface area contributed by atoms with Crippen LogP contribution in [-0.4, -0.2) is 66.1 Å². The Balaban J connectivity index is 1.57. The second-order valence-corrected chi connectivity index (χ2v) is 7.50. The number of nitriles is 1. The summed E-state index contributed by atoms with van der Waals surface area (Å²) in [6.07, 6.45) is 2.50. The third kappa shape index (κ3) is 4.76. The molecule has 1 N–H and O–H groups in total. The third-order valence-electron chi connectivity index (χ3n) is 5.28. The van der Waals surface area contributed by atoms with Gasteiger partial charge < -0.3 is 19.8 Å². The summed E-state index contributed by atoms with van der Waals surface area (Å²) in [5.41, 5.74) is 1.17. The Morgan fingerprint density at radius 1 is 1.14 bits per heavy atom. The van der Waals surface area contributed by atoms with E-state index in [1.807, 2.05) is 35.2 Å². The minimum atomic E-state index is -0.819. The summed E-state index contributed by atoms with van der Waals surface area (Å²) >= 11 is 6.06. The van der Waals surface area contributed by atoms with Crippen LogP contribution in [-0.2, 0) is 9.59 Å². The molecular formula is C20H23ClN4O3. The predicted molar refractivity (Wildman–Crippen MR) is 106 cm³/mol. The molecule has 0 aromatic heterocycles. The molecule has 2 heterocycles. The van der Waals surface area contributed by atoms with Crippen LogP contribution in [0.5, 0.6) is 0 Å². The molecule has 0 aliphatic carbocycles. The lowest BCUT2D eigenvalue weighted by atomic mass is 9.97. The van der Waals surface area contributed by atoms with Gasteiger partial charge in [-0.1, -0.05) is 17.7 Å². The van der Waals surface area contributed by atoms with Crippen LogP contribution in [0.1, 0.15) is 12.8 Å². The lowest BCUT2D eigenvalue weighted by molar-refractivity contribution is -0.145. The normalized spacial score (nSPS) is 18.7. The van der Waals surface area contributed by atoms with Crippen LogP contribution >= 0.6 is 11.6 Å². The van der Waals surface area contributed by atoms with Crippen molar-refractivity contribution in [2.24, 2.45) is 5.92 Å². The number of carbonyl (C=O) groups is 2. The summed E-state index contributed by atoms with van der Waals surface area (Å²) in [6.45, 7) is 3.69. The van der Waals surface area contributed by atoms with Crippen molar-refractivity contribution < 1.29 is 14.7 Å². The molecule has 3 rings (SSSR count). The fourth-order valence-corrected chi connectivity index (χ4v) is 3.78. The highest BCUT2D eigenvalue weighted by Crippen LogP contribution is 2.22. The van der Waals surface area contributed by atoms with E-state index in [-0.39, 0.29) is 11.5 Å². The van der Waals surface area contributed by atoms with E-state index < -0.39 is 11.9 Å². The Labute approximate surface area is 169 Å². The largest absolute Gasteiger partial charge is 0.481 e. The molecule has 1 aromatic carbocycles. The van der Waals surface area contributed by atoms with Crippen LogP contribution < -0.4 is 4.90 Å². The van der Waals surface area contributed by atoms with Crippen LogP contribution in [0.2, 0.25) is 5.02 Å². The molecule has 1 amide bonds. The monoisotopic (exact) mass is 402 g/mol. The van der Waals surface area contributed by atoms with Gasteiger partial charge in [0.1, 0.15) is 11.6 Å². The number of anilines is 1. The van der Waals surface area contributed by atoms with Gasteiger partial charge in [-0.25, -0.2) is 0 Å². The number of likely N-dealkylation sites (tertiary alicyclic amines) is 1. The molecule has 0 atom stereocenters. The maximum Gasteiger partial charge on any atom is 0.306 e. The highest BCUT2D eigenvalue weighted by atomic mass is 35.5. The smallest absolute Gasteiger partial charge is 0.306 e. The minimum absolute atomic E-state index is 0.102. The van der Waals surface area contributed by atoms with Gasteiger partial charge in [-0.15, -0.1) is 0 Å². The van der Waals surface area contributed by atoms with Gasteiger partial charge >= 0.3 is 5.97 Å². The number of piperazine rings is 1. The Morgan fingerprint density at radius 3 is 2.39 bits per heavy atom. The molecular weight excluding hydrogens is 380 g/mol. The fraction of sp³-hybridized carbons (Fsp3) is 0.450. The molecule has 0 bridgehead atoms. The van der Waals surface area contributed by atoms with E-state index in [4.69, 9.17) is 16.7 Å². The molecule has 0 spiro atoms. The quantitative estimate of drug-likeness (QED) is 0.613. The molecule has 2 aliphatic heterocycles. The van der Waals surface area contributed by atoms with E-state index in [9.17, 15) is 14.9 Å². The van der Waals surface area contributed by atoms with Crippen molar-refractivity contribution in [3.8, 4) is 6.07 Å². The van der Waals surface area contributed by atoms with Crippen molar-refractivity contribution >= 4 is 29.2 Å². The summed E-state index contributed by atoms with van der Waals surface area (Å²) < 4.78 is 0. The van der Waals surface area contributed by atoms with Gasteiger partial charge in [-0.2, -0.15) is 5.26 Å². The highest BCUT2D eigenvalue weighted by Gasteiger charge is 2.29. The lowest BCUT2D eigenvalue weighted by Crippen LogP contribution is -2.45. The number of nitrogens with zero attached hydrogens (tertiary/aromatic N) is 4. The number of piperidine rings is 1. The summed E-state index contributed by atoms with van der Waals surface area (Å²) in [6, 6.07) is 9.72. The number of amides is 1. The first-order chi connectivity index (χ1) is 13.5. The van der Waals surface area contributed by atoms with Gasteiger partial charge in [-0.3, -0.25) is 9.59 Å². The zero-order valence-electron chi connectivity index (χ0n) is 15.6. The number of aliphatic carboxylic acids is 1. The number of carboxylic acid groups (broad SMARTS) is 1. The summed E-state index contributed by atoms with van der Waals surface area (Å²) in [5, 5.41) is 19.2. The van der Waals surface area contributed by atoms with Gasteiger partial charge in [0, 0.05) is 56.2 Å². The standard InChI is InChI=1S/C20H23ClN4O3/c21-17-2-1-3-18(12-17)24-10-8-23(9-11-24)14-16(13-22)19(26)25-6-4-15(5-7-25)20(27)28/h1-3,12,14-15H,4-11H2,(H,27,28)/b16-14-. The van der Waals surface area contributed by atoms with Gasteiger partial charge in [0.25, 0.3) is 5.91 Å². The van der Waals surface area contributed by atoms with Crippen LogP contribution in [0.4, 0.5) is 5.69 Å². The first-order valence-corrected chi connectivity index (χ1v) is 9.74. The van der Waals surface area contributed by atoms with E-state index in [0.29, 0.717) is 44.0 Å². The Bertz CT molecular complexity index is 804. The molecule has 0 saturated carbocycles. The van der Waals surface area contributed by atoms with Crippen molar-refractivity contribution in [2.45, 2.75) is 12.8 Å². The first kappa shape index (κ1) is 20.0. The zero-order chi connectivity index (χ0) is 20.1. The van der Waals surface area contributed by atoms with Gasteiger partial charge in [0.2, 0.25) is 0 Å². The highest BCUT2D eigenvalue weighted by molar-refractivity contribution is 6.30. The zero-order valence-corrected chi connectivity index (χ0v) is 16.3. The summed E-state index contributed by atoms with van der Waals surface area (Å²) in [7, 11) is 0. The maximum atomic E-state index is 12.6. The number of hydrogen-bond acceptors (Lipinski definition) is 5. The fourth-order valence-electron chi connectivity index (χ4n) is 3.60. The molecule has 2 fully saturated rings. The maximum absolute atomic E-state index is 12.6. The summed E-state index contributed by atoms with van der Waals surface area (Å²) in [4.78, 5) is 29.5. The Kier molecular flexibility index (Phi) is 6.42. The van der Waals surface area contributed by atoms with Crippen molar-refractivity contribution in [3.63, 3.8) is 0 Å². The molecule has 0 radical (unpaired) electrons. The van der Waals surface area contributed by atoms with E-state index in [1.165, 1.54) is 0 Å². The minimum Gasteiger partial charge on any atom is -0.481 e. The lowest BCUT2D eigenvalue weighted by Gasteiger charge is -2.36. The molecule has 7 nitrogen and oxygen atoms in total. The van der Waals surface area contributed by atoms with Crippen LogP contribution in [0.15, 0.2) is 36.0 Å². The van der Waals surface area contributed by atoms with Gasteiger partial charge in [0.15, 0.2) is 0 Å². The molecule has 0 unspecified atom stereocenters. The topological polar surface area (TPSA) is 87.9 Å². The molecule has 2 aliphatic rings. The first-order valence-electron chi connectivity index (χ1n) is 9.36.